The molecule has 0 atom stereocenters. The first-order chi connectivity index (χ1) is 15.8. The van der Waals surface area contributed by atoms with Crippen LogP contribution in [0, 0.1) is 17.8 Å². The van der Waals surface area contributed by atoms with Crippen LogP contribution in [0.3, 0.4) is 0 Å². The molecule has 0 spiro atoms. The van der Waals surface area contributed by atoms with Crippen LogP contribution < -0.4 is 0 Å². The fourth-order valence-corrected chi connectivity index (χ4v) is 8.02. The third-order valence-corrected chi connectivity index (χ3v) is 10.4. The van der Waals surface area contributed by atoms with Gasteiger partial charge in [0, 0.05) is 9.52 Å². The second-order valence-corrected chi connectivity index (χ2v) is 13.4. The van der Waals surface area contributed by atoms with E-state index in [1.54, 1.807) is 43.7 Å². The summed E-state index contributed by atoms with van der Waals surface area (Å²) in [6, 6.07) is 21.9. The smallest absolute Gasteiger partial charge is 0.0195 e. The van der Waals surface area contributed by atoms with Crippen molar-refractivity contribution in [2.75, 3.05) is 0 Å². The standard InChI is InChI=1S/C31H46Si/c1-3-5-24-6-10-26(11-7-24)28-14-18-30(19-15-28)31-20-16-29(17-21-31)27-12-8-25(9-13-27)22-23-32-4-2/h6-7,10-11,14-15,18-19,25,27,29,31H,3-5,8-9,12-13,16-17,20-23,32H2,1-2H3/t25-,27-,29-,31-. The van der Waals surface area contributed by atoms with E-state index in [1.165, 1.54) is 61.3 Å². The second-order valence-electron chi connectivity index (χ2n) is 11.0. The predicted molar refractivity (Wildman–Crippen MR) is 144 cm³/mol. The molecule has 0 aromatic heterocycles. The van der Waals surface area contributed by atoms with E-state index < -0.39 is 0 Å². The zero-order chi connectivity index (χ0) is 22.2. The van der Waals surface area contributed by atoms with Crippen molar-refractivity contribution >= 4 is 9.52 Å². The van der Waals surface area contributed by atoms with Gasteiger partial charge >= 0.3 is 0 Å². The van der Waals surface area contributed by atoms with E-state index in [4.69, 9.17) is 0 Å². The SMILES string of the molecule is CCCc1ccc(-c2ccc([C@H]3CC[C@H]([C@H]4CC[C@H](CC[SiH2]CC)CC4)CC3)cc2)cc1. The van der Waals surface area contributed by atoms with Gasteiger partial charge in [0.1, 0.15) is 0 Å². The Balaban J connectivity index is 1.24. The van der Waals surface area contributed by atoms with E-state index in [0.29, 0.717) is 9.52 Å². The van der Waals surface area contributed by atoms with Crippen LogP contribution in [-0.2, 0) is 6.42 Å². The Morgan fingerprint density at radius 1 is 0.688 bits per heavy atom. The normalized spacial score (nSPS) is 26.6. The molecule has 174 valence electrons. The van der Waals surface area contributed by atoms with E-state index in [-0.39, 0.29) is 0 Å². The van der Waals surface area contributed by atoms with E-state index in [9.17, 15) is 0 Å². The van der Waals surface area contributed by atoms with Crippen LogP contribution in [0.15, 0.2) is 48.5 Å². The first-order valence-corrected chi connectivity index (χ1v) is 16.0. The number of hydrogen-bond donors (Lipinski definition) is 0. The lowest BCUT2D eigenvalue weighted by molar-refractivity contribution is 0.158. The van der Waals surface area contributed by atoms with E-state index in [1.807, 2.05) is 0 Å². The molecule has 4 rings (SSSR count). The Labute approximate surface area is 200 Å². The molecule has 2 aromatic carbocycles. The van der Waals surface area contributed by atoms with E-state index in [0.717, 1.165) is 23.7 Å². The maximum atomic E-state index is 2.42. The van der Waals surface area contributed by atoms with Crippen LogP contribution >= 0.6 is 0 Å². The fraction of sp³-hybridized carbons (Fsp3) is 0.613. The number of benzene rings is 2. The summed E-state index contributed by atoms with van der Waals surface area (Å²) < 4.78 is 0. The summed E-state index contributed by atoms with van der Waals surface area (Å²) in [6.07, 6.45) is 15.9. The lowest BCUT2D eigenvalue weighted by Gasteiger charge is -2.38. The molecule has 0 nitrogen and oxygen atoms in total. The van der Waals surface area contributed by atoms with Gasteiger partial charge in [-0.3, -0.25) is 0 Å². The van der Waals surface area contributed by atoms with Gasteiger partial charge in [0.05, 0.1) is 0 Å². The highest BCUT2D eigenvalue weighted by Gasteiger charge is 2.31. The second kappa shape index (κ2) is 12.2. The van der Waals surface area contributed by atoms with Gasteiger partial charge in [0.15, 0.2) is 0 Å². The highest BCUT2D eigenvalue weighted by atomic mass is 28.2. The van der Waals surface area contributed by atoms with Crippen molar-refractivity contribution < 1.29 is 0 Å². The summed E-state index contributed by atoms with van der Waals surface area (Å²) in [6.45, 7) is 4.64. The van der Waals surface area contributed by atoms with Crippen molar-refractivity contribution in [2.45, 2.75) is 102 Å². The van der Waals surface area contributed by atoms with Gasteiger partial charge in [0.2, 0.25) is 0 Å². The molecule has 0 radical (unpaired) electrons. The molecule has 0 N–H and O–H groups in total. The zero-order valence-corrected chi connectivity index (χ0v) is 22.2. The van der Waals surface area contributed by atoms with Gasteiger partial charge in [-0.15, -0.1) is 0 Å². The number of hydrogen-bond acceptors (Lipinski definition) is 0. The van der Waals surface area contributed by atoms with Crippen molar-refractivity contribution in [3.8, 4) is 11.1 Å². The Hall–Kier alpha value is -1.34. The minimum absolute atomic E-state index is 0.291. The summed E-state index contributed by atoms with van der Waals surface area (Å²) in [4.78, 5) is 0. The van der Waals surface area contributed by atoms with Gasteiger partial charge < -0.3 is 0 Å². The molecular weight excluding hydrogens is 400 g/mol. The van der Waals surface area contributed by atoms with Gasteiger partial charge in [-0.1, -0.05) is 100 Å². The molecule has 2 aliphatic rings. The Bertz CT molecular complexity index is 774. The first kappa shape index (κ1) is 23.8. The van der Waals surface area contributed by atoms with E-state index >= 15 is 0 Å². The summed E-state index contributed by atoms with van der Waals surface area (Å²) in [5, 5.41) is 0. The molecule has 2 aliphatic carbocycles. The van der Waals surface area contributed by atoms with Gasteiger partial charge in [0.25, 0.3) is 0 Å². The molecule has 0 bridgehead atoms. The molecule has 0 heterocycles. The molecule has 0 saturated heterocycles. The molecule has 0 aliphatic heterocycles. The summed E-state index contributed by atoms with van der Waals surface area (Å²) in [7, 11) is 0.291. The minimum Gasteiger partial charge on any atom is -0.0683 e. The van der Waals surface area contributed by atoms with Crippen LogP contribution in [0.25, 0.3) is 11.1 Å². The third kappa shape index (κ3) is 6.37. The summed E-state index contributed by atoms with van der Waals surface area (Å²) >= 11 is 0. The minimum atomic E-state index is 0.291. The van der Waals surface area contributed by atoms with Gasteiger partial charge in [-0.25, -0.2) is 0 Å². The average Bonchev–Trinajstić information content (AvgIpc) is 2.86. The summed E-state index contributed by atoms with van der Waals surface area (Å²) in [5.41, 5.74) is 5.76. The maximum absolute atomic E-state index is 2.42. The third-order valence-electron chi connectivity index (χ3n) is 8.75. The van der Waals surface area contributed by atoms with Crippen molar-refractivity contribution in [2.24, 2.45) is 17.8 Å². The van der Waals surface area contributed by atoms with Crippen LogP contribution in [0.2, 0.25) is 12.1 Å². The Morgan fingerprint density at radius 2 is 1.25 bits per heavy atom. The highest BCUT2D eigenvalue weighted by Crippen LogP contribution is 2.44. The zero-order valence-electron chi connectivity index (χ0n) is 20.8. The average molecular weight is 447 g/mol. The van der Waals surface area contributed by atoms with Gasteiger partial charge in [-0.05, 0) is 90.9 Å². The Kier molecular flexibility index (Phi) is 9.08. The maximum Gasteiger partial charge on any atom is 0.0195 e. The van der Waals surface area contributed by atoms with Gasteiger partial charge in [-0.2, -0.15) is 0 Å². The predicted octanol–water partition coefficient (Wildman–Crippen LogP) is 8.80. The monoisotopic (exact) mass is 446 g/mol. The quantitative estimate of drug-likeness (QED) is 0.266. The Morgan fingerprint density at radius 3 is 1.81 bits per heavy atom. The molecule has 2 fully saturated rings. The molecule has 1 heteroatoms. The molecule has 2 aromatic rings. The van der Waals surface area contributed by atoms with Crippen molar-refractivity contribution in [3.05, 3.63) is 59.7 Å². The molecule has 0 unspecified atom stereocenters. The molecular formula is C31H46Si. The van der Waals surface area contributed by atoms with Crippen molar-refractivity contribution in [3.63, 3.8) is 0 Å². The summed E-state index contributed by atoms with van der Waals surface area (Å²) in [5.74, 6) is 3.96. The topological polar surface area (TPSA) is 0 Å². The highest BCUT2D eigenvalue weighted by molar-refractivity contribution is 6.35. The largest absolute Gasteiger partial charge is 0.0683 e. The van der Waals surface area contributed by atoms with Crippen molar-refractivity contribution in [1.82, 2.24) is 0 Å². The van der Waals surface area contributed by atoms with Crippen molar-refractivity contribution in [1.29, 1.82) is 0 Å². The van der Waals surface area contributed by atoms with Crippen LogP contribution in [-0.4, -0.2) is 9.52 Å². The van der Waals surface area contributed by atoms with Crippen LogP contribution in [0.1, 0.15) is 95.1 Å². The lowest BCUT2D eigenvalue weighted by atomic mass is 9.68. The fourth-order valence-electron chi connectivity index (χ4n) is 6.66. The first-order valence-electron chi connectivity index (χ1n) is 14.0. The lowest BCUT2D eigenvalue weighted by Crippen LogP contribution is -2.25. The number of aryl methyl sites for hydroxylation is 1. The molecule has 0 amide bonds. The molecule has 2 saturated carbocycles. The number of rotatable bonds is 9. The van der Waals surface area contributed by atoms with Crippen LogP contribution in [0.4, 0.5) is 0 Å². The molecule has 32 heavy (non-hydrogen) atoms. The van der Waals surface area contributed by atoms with Crippen LogP contribution in [0.5, 0.6) is 0 Å². The van der Waals surface area contributed by atoms with E-state index in [2.05, 4.69) is 62.4 Å².